The van der Waals surface area contributed by atoms with Crippen molar-refractivity contribution in [2.24, 2.45) is 0 Å². The van der Waals surface area contributed by atoms with Crippen LogP contribution in [-0.4, -0.2) is 84.7 Å². The minimum atomic E-state index is 0.0748. The van der Waals surface area contributed by atoms with Crippen LogP contribution < -0.4 is 18.4 Å². The van der Waals surface area contributed by atoms with Gasteiger partial charge in [-0.2, -0.15) is 0 Å². The maximum Gasteiger partial charge on any atom is 0.223 e. The first-order valence-corrected chi connectivity index (χ1v) is 13.8. The van der Waals surface area contributed by atoms with E-state index in [-0.39, 0.29) is 5.78 Å². The summed E-state index contributed by atoms with van der Waals surface area (Å²) in [5.41, 5.74) is 6.12. The van der Waals surface area contributed by atoms with Gasteiger partial charge in [-0.15, -0.1) is 0 Å². The molecule has 190 valence electrons. The third kappa shape index (κ3) is 3.36. The highest BCUT2D eigenvalue weighted by atomic mass is 16.5. The van der Waals surface area contributed by atoms with Crippen molar-refractivity contribution in [2.75, 3.05) is 78.9 Å². The average Bonchev–Trinajstić information content (AvgIpc) is 3.19. The number of benzene rings is 2. The summed E-state index contributed by atoms with van der Waals surface area (Å²) in [6.07, 6.45) is 4.16. The predicted octanol–water partition coefficient (Wildman–Crippen LogP) is 3.92. The van der Waals surface area contributed by atoms with Crippen molar-refractivity contribution in [1.29, 1.82) is 0 Å². The van der Waals surface area contributed by atoms with Gasteiger partial charge in [-0.05, 0) is 25.0 Å². The van der Waals surface area contributed by atoms with E-state index in [1.54, 1.807) is 0 Å². The van der Waals surface area contributed by atoms with Gasteiger partial charge in [0.2, 0.25) is 5.75 Å². The van der Waals surface area contributed by atoms with Crippen molar-refractivity contribution in [3.8, 4) is 22.6 Å². The van der Waals surface area contributed by atoms with Crippen LogP contribution >= 0.6 is 0 Å². The lowest BCUT2D eigenvalue weighted by Gasteiger charge is -2.43. The fraction of sp³-hybridized carbons (Fsp3) is 0.552. The average molecular weight is 493 g/mol. The fourth-order valence-electron chi connectivity index (χ4n) is 7.16. The highest BCUT2D eigenvalue weighted by Gasteiger charge is 2.46. The zero-order valence-electron chi connectivity index (χ0n) is 21.1. The number of ketones is 1. The van der Waals surface area contributed by atoms with Gasteiger partial charge in [0.15, 0.2) is 17.2 Å². The summed E-state index contributed by atoms with van der Waals surface area (Å²) in [5.74, 6) is 1.55. The standard InChI is InChI=1S/C29H36N2O5/c32-27-21-6-5-7-23-25(21)22-20-24-28(35-14-3-2-9-31(24)12-18-34-19-13-31)29(26(22)27)36-15-4-1-8-30(23)10-16-33-17-11-30/h5-7,20H,1-4,8-19H2/q+2. The Balaban J connectivity index is 1.52. The molecule has 0 radical (unpaired) electrons. The van der Waals surface area contributed by atoms with Gasteiger partial charge in [0.1, 0.15) is 31.9 Å². The van der Waals surface area contributed by atoms with Gasteiger partial charge in [-0.3, -0.25) is 13.8 Å². The molecule has 7 rings (SSSR count). The van der Waals surface area contributed by atoms with Crippen molar-refractivity contribution in [1.82, 2.24) is 8.97 Å². The van der Waals surface area contributed by atoms with Gasteiger partial charge in [0.05, 0.1) is 63.9 Å². The summed E-state index contributed by atoms with van der Waals surface area (Å²) in [6, 6.07) is 8.64. The quantitative estimate of drug-likeness (QED) is 0.446. The van der Waals surface area contributed by atoms with E-state index in [9.17, 15) is 4.79 Å². The number of ether oxygens (including phenoxy) is 4. The zero-order chi connectivity index (χ0) is 24.2. The molecule has 2 saturated heterocycles. The normalized spacial score (nSPS) is 24.2. The van der Waals surface area contributed by atoms with E-state index in [2.05, 4.69) is 18.2 Å². The van der Waals surface area contributed by atoms with E-state index in [0.717, 1.165) is 123 Å². The number of hydrogen-bond acceptors (Lipinski definition) is 5. The number of morpholine rings is 2. The first kappa shape index (κ1) is 22.7. The van der Waals surface area contributed by atoms with Crippen LogP contribution in [0, 0.1) is 0 Å². The summed E-state index contributed by atoms with van der Waals surface area (Å²) >= 11 is 0. The number of carbonyl (C=O) groups excluding carboxylic acids is 1. The number of quaternary nitrogens is 2. The Kier molecular flexibility index (Phi) is 5.58. The second kappa shape index (κ2) is 8.84. The Labute approximate surface area is 212 Å². The molecule has 36 heavy (non-hydrogen) atoms. The van der Waals surface area contributed by atoms with Gasteiger partial charge < -0.3 is 18.9 Å². The van der Waals surface area contributed by atoms with Crippen LogP contribution in [-0.2, 0) is 9.47 Å². The molecule has 0 atom stereocenters. The summed E-state index contributed by atoms with van der Waals surface area (Å²) in [5, 5.41) is 0. The molecular weight excluding hydrogens is 456 g/mol. The Morgan fingerprint density at radius 2 is 1.19 bits per heavy atom. The molecule has 5 aliphatic rings. The molecule has 1 aliphatic carbocycles. The minimum absolute atomic E-state index is 0.0748. The van der Waals surface area contributed by atoms with Crippen LogP contribution in [0.25, 0.3) is 11.1 Å². The molecule has 0 unspecified atom stereocenters. The maximum atomic E-state index is 14.0. The SMILES string of the molecule is O=C1c2cccc3c2-c2cc4c(c(c21)OCCCC[N+]31CCOCC1)OCCCC[N+]41CCOCC1. The summed E-state index contributed by atoms with van der Waals surface area (Å²) in [4.78, 5) is 14.0. The lowest BCUT2D eigenvalue weighted by Crippen LogP contribution is -2.57. The number of hydrogen-bond donors (Lipinski definition) is 0. The molecule has 0 aromatic heterocycles. The smallest absolute Gasteiger partial charge is 0.223 e. The fourth-order valence-corrected chi connectivity index (χ4v) is 7.16. The largest absolute Gasteiger partial charge is 0.489 e. The number of carbonyl (C=O) groups is 1. The van der Waals surface area contributed by atoms with Crippen molar-refractivity contribution < 1.29 is 23.7 Å². The van der Waals surface area contributed by atoms with E-state index < -0.39 is 0 Å². The molecule has 2 aromatic carbocycles. The molecule has 7 nitrogen and oxygen atoms in total. The van der Waals surface area contributed by atoms with E-state index in [0.29, 0.717) is 24.5 Å². The first-order chi connectivity index (χ1) is 17.7. The molecule has 4 bridgehead atoms. The molecule has 2 fully saturated rings. The second-order valence-corrected chi connectivity index (χ2v) is 11.0. The van der Waals surface area contributed by atoms with Crippen LogP contribution in [0.15, 0.2) is 24.3 Å². The first-order valence-electron chi connectivity index (χ1n) is 13.8. The van der Waals surface area contributed by atoms with Gasteiger partial charge >= 0.3 is 0 Å². The van der Waals surface area contributed by atoms with Crippen molar-refractivity contribution in [3.63, 3.8) is 0 Å². The van der Waals surface area contributed by atoms with E-state index in [1.165, 1.54) is 11.4 Å². The van der Waals surface area contributed by atoms with Crippen LogP contribution in [0.5, 0.6) is 11.5 Å². The van der Waals surface area contributed by atoms with Gasteiger partial charge in [0, 0.05) is 30.0 Å². The van der Waals surface area contributed by atoms with Crippen molar-refractivity contribution >= 4 is 17.2 Å². The summed E-state index contributed by atoms with van der Waals surface area (Å²) in [6.45, 7) is 10.1. The third-order valence-electron chi connectivity index (χ3n) is 9.13. The van der Waals surface area contributed by atoms with Gasteiger partial charge in [-0.1, -0.05) is 6.07 Å². The van der Waals surface area contributed by atoms with Crippen molar-refractivity contribution in [2.45, 2.75) is 25.7 Å². The van der Waals surface area contributed by atoms with E-state index >= 15 is 0 Å². The van der Waals surface area contributed by atoms with Crippen LogP contribution in [0.4, 0.5) is 11.4 Å². The summed E-state index contributed by atoms with van der Waals surface area (Å²) in [7, 11) is 0. The minimum Gasteiger partial charge on any atom is -0.489 e. The topological polar surface area (TPSA) is 54.0 Å². The highest BCUT2D eigenvalue weighted by Crippen LogP contribution is 2.55. The Hall–Kier alpha value is -2.45. The molecule has 0 saturated carbocycles. The molecule has 7 heteroatoms. The Morgan fingerprint density at radius 1 is 0.583 bits per heavy atom. The van der Waals surface area contributed by atoms with Crippen LogP contribution in [0.1, 0.15) is 41.6 Å². The lowest BCUT2D eigenvalue weighted by molar-refractivity contribution is 0.0361. The van der Waals surface area contributed by atoms with Gasteiger partial charge in [-0.25, -0.2) is 0 Å². The molecule has 2 spiro atoms. The number of rotatable bonds is 0. The zero-order valence-corrected chi connectivity index (χ0v) is 21.1. The maximum absolute atomic E-state index is 14.0. The van der Waals surface area contributed by atoms with Crippen molar-refractivity contribution in [3.05, 3.63) is 35.4 Å². The van der Waals surface area contributed by atoms with E-state index in [1.807, 2.05) is 6.07 Å². The molecular formula is C29H36N2O5+2. The third-order valence-corrected chi connectivity index (χ3v) is 9.13. The second-order valence-electron chi connectivity index (χ2n) is 11.0. The highest BCUT2D eigenvalue weighted by molar-refractivity contribution is 6.25. The lowest BCUT2D eigenvalue weighted by atomic mass is 9.97. The molecule has 4 aliphatic heterocycles. The van der Waals surface area contributed by atoms with E-state index in [4.69, 9.17) is 18.9 Å². The van der Waals surface area contributed by atoms with Crippen LogP contribution in [0.3, 0.4) is 0 Å². The number of nitrogens with zero attached hydrogens (tertiary/aromatic N) is 2. The number of fused-ring (bicyclic) bond motifs is 4. The molecule has 0 N–H and O–H groups in total. The predicted molar refractivity (Wildman–Crippen MR) is 139 cm³/mol. The summed E-state index contributed by atoms with van der Waals surface area (Å²) < 4.78 is 26.4. The molecule has 0 amide bonds. The molecule has 4 heterocycles. The Morgan fingerprint density at radius 3 is 1.86 bits per heavy atom. The monoisotopic (exact) mass is 492 g/mol. The van der Waals surface area contributed by atoms with Crippen LogP contribution in [0.2, 0.25) is 0 Å². The Bertz CT molecular complexity index is 1200. The van der Waals surface area contributed by atoms with Gasteiger partial charge in [0.25, 0.3) is 0 Å². The molecule has 2 aromatic rings.